The van der Waals surface area contributed by atoms with Crippen molar-refractivity contribution < 1.29 is 23.8 Å². The number of ether oxygens (including phenoxy) is 3. The molecule has 2 N–H and O–H groups in total. The molecule has 0 radical (unpaired) electrons. The van der Waals surface area contributed by atoms with Gasteiger partial charge in [-0.05, 0) is 67.3 Å². The molecule has 0 fully saturated rings. The molecular formula is C35H35N3O5S. The fourth-order valence-electron chi connectivity index (χ4n) is 4.71. The minimum absolute atomic E-state index is 0.0176. The van der Waals surface area contributed by atoms with E-state index in [1.54, 1.807) is 25.1 Å². The number of nitrogens with one attached hydrogen (secondary N) is 2. The molecule has 0 aromatic heterocycles. The molecule has 0 unspecified atom stereocenters. The highest BCUT2D eigenvalue weighted by Gasteiger charge is 2.36. The number of esters is 1. The molecule has 3 aromatic carbocycles. The molecule has 1 amide bonds. The van der Waals surface area contributed by atoms with Gasteiger partial charge in [0.15, 0.2) is 11.5 Å². The van der Waals surface area contributed by atoms with Crippen LogP contribution in [-0.4, -0.2) is 31.3 Å². The number of rotatable bonds is 12. The van der Waals surface area contributed by atoms with Gasteiger partial charge in [0.2, 0.25) is 5.91 Å². The van der Waals surface area contributed by atoms with E-state index in [0.29, 0.717) is 40.1 Å². The van der Waals surface area contributed by atoms with Crippen LogP contribution in [0.15, 0.2) is 101 Å². The zero-order valence-electron chi connectivity index (χ0n) is 25.2. The molecule has 0 aliphatic carbocycles. The van der Waals surface area contributed by atoms with Crippen molar-refractivity contribution in [1.29, 1.82) is 5.26 Å². The van der Waals surface area contributed by atoms with Gasteiger partial charge in [-0.15, -0.1) is 0 Å². The van der Waals surface area contributed by atoms with E-state index in [1.165, 1.54) is 24.9 Å². The summed E-state index contributed by atoms with van der Waals surface area (Å²) in [5.74, 6) is -0.556. The molecule has 1 atom stereocenters. The van der Waals surface area contributed by atoms with Crippen LogP contribution >= 0.6 is 11.8 Å². The number of methoxy groups -OCH3 is 1. The van der Waals surface area contributed by atoms with Gasteiger partial charge in [0, 0.05) is 11.4 Å². The Kier molecular flexibility index (Phi) is 10.9. The fraction of sp³-hybridized carbons (Fsp3) is 0.229. The monoisotopic (exact) mass is 609 g/mol. The number of aryl methyl sites for hydroxylation is 2. The second kappa shape index (κ2) is 15.0. The summed E-state index contributed by atoms with van der Waals surface area (Å²) in [7, 11) is 1.54. The SMILES string of the molecule is C=CCOC(=O)C1=C(C)NC(SCC(=O)Nc2ccc(C)c(C)c2)=C(C#N)[C@@H]1c1ccc(OCc2ccccc2)c(OC)c1. The van der Waals surface area contributed by atoms with E-state index in [9.17, 15) is 14.9 Å². The van der Waals surface area contributed by atoms with Crippen LogP contribution in [0.2, 0.25) is 0 Å². The number of hydrogen-bond donors (Lipinski definition) is 2. The average molecular weight is 610 g/mol. The number of carbonyl (C=O) groups excluding carboxylic acids is 2. The summed E-state index contributed by atoms with van der Waals surface area (Å²) in [6.07, 6.45) is 1.48. The molecule has 8 nitrogen and oxygen atoms in total. The maximum absolute atomic E-state index is 13.3. The third-order valence-electron chi connectivity index (χ3n) is 7.10. The Morgan fingerprint density at radius 3 is 2.50 bits per heavy atom. The number of amides is 1. The molecule has 1 heterocycles. The Bertz CT molecular complexity index is 1660. The Morgan fingerprint density at radius 1 is 1.05 bits per heavy atom. The summed E-state index contributed by atoms with van der Waals surface area (Å²) in [6.45, 7) is 9.73. The summed E-state index contributed by atoms with van der Waals surface area (Å²) in [5, 5.41) is 17.0. The summed E-state index contributed by atoms with van der Waals surface area (Å²) in [6, 6.07) is 23.1. The van der Waals surface area contributed by atoms with Crippen molar-refractivity contribution in [2.45, 2.75) is 33.3 Å². The maximum Gasteiger partial charge on any atom is 0.337 e. The number of anilines is 1. The minimum atomic E-state index is -0.777. The van der Waals surface area contributed by atoms with E-state index >= 15 is 0 Å². The molecule has 0 saturated heterocycles. The number of benzene rings is 3. The quantitative estimate of drug-likeness (QED) is 0.173. The molecule has 1 aliphatic heterocycles. The predicted molar refractivity (Wildman–Crippen MR) is 173 cm³/mol. The smallest absolute Gasteiger partial charge is 0.337 e. The van der Waals surface area contributed by atoms with Gasteiger partial charge in [0.05, 0.1) is 41.0 Å². The van der Waals surface area contributed by atoms with Gasteiger partial charge in [-0.25, -0.2) is 4.79 Å². The van der Waals surface area contributed by atoms with Crippen molar-refractivity contribution in [1.82, 2.24) is 5.32 Å². The number of allylic oxidation sites excluding steroid dienone is 2. The first-order valence-corrected chi connectivity index (χ1v) is 15.0. The van der Waals surface area contributed by atoms with E-state index in [0.717, 1.165) is 16.7 Å². The number of nitrogens with zero attached hydrogens (tertiary/aromatic N) is 1. The number of nitriles is 1. The first kappa shape index (κ1) is 32.0. The van der Waals surface area contributed by atoms with Gasteiger partial charge in [-0.2, -0.15) is 5.26 Å². The first-order valence-electron chi connectivity index (χ1n) is 14.0. The normalized spacial score (nSPS) is 14.3. The van der Waals surface area contributed by atoms with Crippen molar-refractivity contribution in [2.24, 2.45) is 0 Å². The van der Waals surface area contributed by atoms with Crippen LogP contribution in [-0.2, 0) is 20.9 Å². The Labute approximate surface area is 262 Å². The fourth-order valence-corrected chi connectivity index (χ4v) is 5.61. The van der Waals surface area contributed by atoms with Crippen LogP contribution in [0, 0.1) is 25.2 Å². The van der Waals surface area contributed by atoms with Crippen molar-refractivity contribution in [3.05, 3.63) is 124 Å². The second-order valence-corrected chi connectivity index (χ2v) is 11.1. The van der Waals surface area contributed by atoms with Crippen LogP contribution in [0.5, 0.6) is 11.5 Å². The molecule has 226 valence electrons. The number of dihydropyridines is 1. The summed E-state index contributed by atoms with van der Waals surface area (Å²) in [4.78, 5) is 26.2. The molecular weight excluding hydrogens is 574 g/mol. The summed E-state index contributed by atoms with van der Waals surface area (Å²) >= 11 is 1.19. The minimum Gasteiger partial charge on any atom is -0.493 e. The summed E-state index contributed by atoms with van der Waals surface area (Å²) < 4.78 is 17.1. The zero-order chi connectivity index (χ0) is 31.6. The summed E-state index contributed by atoms with van der Waals surface area (Å²) in [5.41, 5.74) is 5.63. The third kappa shape index (κ3) is 7.71. The van der Waals surface area contributed by atoms with Gasteiger partial charge in [0.1, 0.15) is 13.2 Å². The van der Waals surface area contributed by atoms with Crippen molar-refractivity contribution >= 4 is 29.3 Å². The second-order valence-electron chi connectivity index (χ2n) is 10.2. The highest BCUT2D eigenvalue weighted by Crippen LogP contribution is 2.43. The molecule has 0 saturated carbocycles. The molecule has 0 spiro atoms. The van der Waals surface area contributed by atoms with E-state index in [2.05, 4.69) is 23.3 Å². The van der Waals surface area contributed by atoms with Crippen LogP contribution < -0.4 is 20.1 Å². The molecule has 0 bridgehead atoms. The van der Waals surface area contributed by atoms with E-state index in [1.807, 2.05) is 62.4 Å². The van der Waals surface area contributed by atoms with Crippen LogP contribution in [0.1, 0.15) is 35.1 Å². The zero-order valence-corrected chi connectivity index (χ0v) is 26.0. The Hall–Kier alpha value is -4.94. The largest absolute Gasteiger partial charge is 0.493 e. The van der Waals surface area contributed by atoms with Gasteiger partial charge in [-0.3, -0.25) is 4.79 Å². The number of hydrogen-bond acceptors (Lipinski definition) is 8. The van der Waals surface area contributed by atoms with Crippen molar-refractivity contribution in [3.63, 3.8) is 0 Å². The molecule has 3 aromatic rings. The van der Waals surface area contributed by atoms with Crippen LogP contribution in [0.3, 0.4) is 0 Å². The lowest BCUT2D eigenvalue weighted by atomic mass is 9.82. The van der Waals surface area contributed by atoms with Gasteiger partial charge in [0.25, 0.3) is 0 Å². The maximum atomic E-state index is 13.3. The highest BCUT2D eigenvalue weighted by atomic mass is 32.2. The van der Waals surface area contributed by atoms with Crippen molar-refractivity contribution in [2.75, 3.05) is 24.8 Å². The first-order chi connectivity index (χ1) is 21.2. The number of thioether (sulfide) groups is 1. The van der Waals surface area contributed by atoms with E-state index < -0.39 is 11.9 Å². The molecule has 9 heteroatoms. The number of carbonyl (C=O) groups is 2. The lowest BCUT2D eigenvalue weighted by Crippen LogP contribution is -2.29. The van der Waals surface area contributed by atoms with Crippen LogP contribution in [0.4, 0.5) is 5.69 Å². The van der Waals surface area contributed by atoms with Crippen LogP contribution in [0.25, 0.3) is 0 Å². The van der Waals surface area contributed by atoms with Gasteiger partial charge in [-0.1, -0.05) is 66.9 Å². The van der Waals surface area contributed by atoms with E-state index in [-0.39, 0.29) is 29.4 Å². The molecule has 44 heavy (non-hydrogen) atoms. The lowest BCUT2D eigenvalue weighted by Gasteiger charge is -2.29. The highest BCUT2D eigenvalue weighted by molar-refractivity contribution is 8.03. The Balaban J connectivity index is 1.64. The molecule has 1 aliphatic rings. The standard InChI is InChI=1S/C35H35N3O5S/c1-6-16-42-35(40)32-24(4)37-34(44-21-31(39)38-27-14-12-22(2)23(3)17-27)28(19-36)33(32)26-13-15-29(30(18-26)41-5)43-20-25-10-8-7-9-11-25/h6-15,17-18,33,37H,1,16,20-21H2,2-5H3,(H,38,39)/t33-/m0/s1. The molecule has 4 rings (SSSR count). The lowest BCUT2D eigenvalue weighted by molar-refractivity contribution is -0.138. The Morgan fingerprint density at radius 2 is 1.82 bits per heavy atom. The average Bonchev–Trinajstić information content (AvgIpc) is 3.03. The van der Waals surface area contributed by atoms with Gasteiger partial charge >= 0.3 is 5.97 Å². The van der Waals surface area contributed by atoms with Gasteiger partial charge < -0.3 is 24.8 Å². The van der Waals surface area contributed by atoms with E-state index in [4.69, 9.17) is 14.2 Å². The third-order valence-corrected chi connectivity index (χ3v) is 8.11. The topological polar surface area (TPSA) is 110 Å². The van der Waals surface area contributed by atoms with Crippen molar-refractivity contribution in [3.8, 4) is 17.6 Å². The predicted octanol–water partition coefficient (Wildman–Crippen LogP) is 6.69.